The van der Waals surface area contributed by atoms with Gasteiger partial charge < -0.3 is 15.0 Å². The van der Waals surface area contributed by atoms with Gasteiger partial charge in [0.1, 0.15) is 12.4 Å². The van der Waals surface area contributed by atoms with E-state index in [1.807, 2.05) is 37.5 Å². The van der Waals surface area contributed by atoms with Crippen LogP contribution in [0, 0.1) is 12.3 Å². The molecular formula is C16H18BrN3O. The molecule has 1 heterocycles. The highest BCUT2D eigenvalue weighted by Crippen LogP contribution is 2.22. The molecule has 0 aliphatic heterocycles. The Morgan fingerprint density at radius 2 is 2.19 bits per heavy atom. The number of hydrogen-bond acceptors (Lipinski definition) is 3. The molecule has 0 spiro atoms. The first kappa shape index (κ1) is 15.8. The smallest absolute Gasteiger partial charge is 0.123 e. The summed E-state index contributed by atoms with van der Waals surface area (Å²) in [5, 5.41) is 3.24. The fraction of sp³-hybridized carbons (Fsp3) is 0.312. The summed E-state index contributed by atoms with van der Waals surface area (Å²) in [7, 11) is 1.91. The van der Waals surface area contributed by atoms with Crippen molar-refractivity contribution in [3.63, 3.8) is 0 Å². The molecule has 4 nitrogen and oxygen atoms in total. The van der Waals surface area contributed by atoms with Crippen LogP contribution in [0.2, 0.25) is 0 Å². The van der Waals surface area contributed by atoms with E-state index in [-0.39, 0.29) is 6.04 Å². The summed E-state index contributed by atoms with van der Waals surface area (Å²) in [6.45, 7) is 0.947. The quantitative estimate of drug-likeness (QED) is 0.597. The van der Waals surface area contributed by atoms with E-state index in [1.54, 1.807) is 0 Å². The van der Waals surface area contributed by atoms with Gasteiger partial charge >= 0.3 is 0 Å². The predicted molar refractivity (Wildman–Crippen MR) is 87.8 cm³/mol. The number of aromatic amines is 1. The third kappa shape index (κ3) is 4.43. The molecule has 0 bridgehead atoms. The van der Waals surface area contributed by atoms with E-state index in [1.165, 1.54) is 0 Å². The van der Waals surface area contributed by atoms with Crippen LogP contribution in [0.4, 0.5) is 0 Å². The Morgan fingerprint density at radius 1 is 1.43 bits per heavy atom. The van der Waals surface area contributed by atoms with E-state index in [2.05, 4.69) is 37.1 Å². The van der Waals surface area contributed by atoms with Crippen molar-refractivity contribution in [3.05, 3.63) is 40.8 Å². The van der Waals surface area contributed by atoms with Gasteiger partial charge in [-0.3, -0.25) is 0 Å². The molecule has 1 atom stereocenters. The Bertz CT molecular complexity index is 601. The van der Waals surface area contributed by atoms with Crippen LogP contribution in [-0.2, 0) is 4.74 Å². The number of nitrogens with zero attached hydrogens (tertiary/aromatic N) is 1. The highest BCUT2D eigenvalue weighted by Gasteiger charge is 2.13. The Kier molecular flexibility index (Phi) is 6.00. The van der Waals surface area contributed by atoms with Crippen LogP contribution >= 0.6 is 15.9 Å². The van der Waals surface area contributed by atoms with Gasteiger partial charge in [-0.2, -0.15) is 0 Å². The highest BCUT2D eigenvalue weighted by atomic mass is 79.9. The minimum Gasteiger partial charge on any atom is -0.369 e. The lowest BCUT2D eigenvalue weighted by Crippen LogP contribution is -2.19. The summed E-state index contributed by atoms with van der Waals surface area (Å²) in [6.07, 6.45) is 7.82. The van der Waals surface area contributed by atoms with Gasteiger partial charge in [0.2, 0.25) is 0 Å². The lowest BCUT2D eigenvalue weighted by Gasteiger charge is -2.13. The van der Waals surface area contributed by atoms with Gasteiger partial charge in [0.05, 0.1) is 17.9 Å². The maximum Gasteiger partial charge on any atom is 0.123 e. The van der Waals surface area contributed by atoms with Crippen molar-refractivity contribution in [2.45, 2.75) is 12.5 Å². The van der Waals surface area contributed by atoms with Gasteiger partial charge in [-0.05, 0) is 31.2 Å². The minimum atomic E-state index is 0.118. The molecule has 0 saturated heterocycles. The zero-order valence-corrected chi connectivity index (χ0v) is 13.5. The van der Waals surface area contributed by atoms with Crippen molar-refractivity contribution < 1.29 is 4.74 Å². The van der Waals surface area contributed by atoms with Crippen LogP contribution in [0.5, 0.6) is 0 Å². The Morgan fingerprint density at radius 3 is 2.86 bits per heavy atom. The Balaban J connectivity index is 2.03. The zero-order valence-electron chi connectivity index (χ0n) is 11.9. The van der Waals surface area contributed by atoms with Crippen LogP contribution in [0.15, 0.2) is 34.9 Å². The third-order valence-corrected chi connectivity index (χ3v) is 3.69. The molecule has 1 unspecified atom stereocenters. The largest absolute Gasteiger partial charge is 0.369 e. The number of imidazole rings is 1. The fourth-order valence-electron chi connectivity index (χ4n) is 2.04. The van der Waals surface area contributed by atoms with E-state index in [4.69, 9.17) is 11.2 Å². The number of ether oxygens (including phenoxy) is 1. The number of H-pyrrole nitrogens is 1. The van der Waals surface area contributed by atoms with E-state index in [0.717, 1.165) is 28.0 Å². The van der Waals surface area contributed by atoms with Crippen LogP contribution in [-0.4, -0.2) is 30.2 Å². The van der Waals surface area contributed by atoms with Crippen LogP contribution in [0.25, 0.3) is 11.3 Å². The van der Waals surface area contributed by atoms with Crippen molar-refractivity contribution in [2.24, 2.45) is 0 Å². The van der Waals surface area contributed by atoms with Crippen LogP contribution < -0.4 is 5.32 Å². The first-order chi connectivity index (χ1) is 10.2. The van der Waals surface area contributed by atoms with Crippen molar-refractivity contribution >= 4 is 15.9 Å². The Labute approximate surface area is 133 Å². The summed E-state index contributed by atoms with van der Waals surface area (Å²) >= 11 is 3.44. The lowest BCUT2D eigenvalue weighted by atomic mass is 10.2. The summed E-state index contributed by atoms with van der Waals surface area (Å²) in [5.41, 5.74) is 2.11. The molecular weight excluding hydrogens is 330 g/mol. The molecule has 2 rings (SSSR count). The van der Waals surface area contributed by atoms with Gasteiger partial charge in [-0.15, -0.1) is 6.42 Å². The molecule has 21 heavy (non-hydrogen) atoms. The topological polar surface area (TPSA) is 49.9 Å². The SMILES string of the molecule is C#CCOCCC(NC)c1ncc(-c2ccc(Br)cc2)[nH]1. The number of aromatic nitrogens is 2. The van der Waals surface area contributed by atoms with Gasteiger partial charge in [0, 0.05) is 11.1 Å². The van der Waals surface area contributed by atoms with Crippen LogP contribution in [0.3, 0.4) is 0 Å². The number of terminal acetylenes is 1. The van der Waals surface area contributed by atoms with Crippen LogP contribution in [0.1, 0.15) is 18.3 Å². The Hall–Kier alpha value is -1.61. The summed E-state index contributed by atoms with van der Waals surface area (Å²) < 4.78 is 6.38. The van der Waals surface area contributed by atoms with Gasteiger partial charge in [0.15, 0.2) is 0 Å². The predicted octanol–water partition coefficient (Wildman–Crippen LogP) is 3.14. The molecule has 0 saturated carbocycles. The summed E-state index contributed by atoms with van der Waals surface area (Å²) in [5.74, 6) is 3.36. The standard InChI is InChI=1S/C16H18BrN3O/c1-3-9-21-10-8-14(18-2)16-19-11-15(20-16)12-4-6-13(17)7-5-12/h1,4-7,11,14,18H,8-10H2,2H3,(H,19,20). The first-order valence-corrected chi connectivity index (χ1v) is 7.53. The second-order valence-corrected chi connectivity index (χ2v) is 5.49. The molecule has 5 heteroatoms. The number of halogens is 1. The van der Waals surface area contributed by atoms with E-state index >= 15 is 0 Å². The molecule has 0 amide bonds. The van der Waals surface area contributed by atoms with E-state index in [0.29, 0.717) is 13.2 Å². The lowest BCUT2D eigenvalue weighted by molar-refractivity contribution is 0.154. The van der Waals surface area contributed by atoms with Crippen molar-refractivity contribution in [3.8, 4) is 23.6 Å². The normalized spacial score (nSPS) is 12.0. The van der Waals surface area contributed by atoms with Gasteiger partial charge in [0.25, 0.3) is 0 Å². The first-order valence-electron chi connectivity index (χ1n) is 6.74. The van der Waals surface area contributed by atoms with Gasteiger partial charge in [-0.1, -0.05) is 34.0 Å². The number of nitrogens with one attached hydrogen (secondary N) is 2. The average Bonchev–Trinajstić information content (AvgIpc) is 2.98. The van der Waals surface area contributed by atoms with Gasteiger partial charge in [-0.25, -0.2) is 4.98 Å². The minimum absolute atomic E-state index is 0.118. The van der Waals surface area contributed by atoms with Crippen molar-refractivity contribution in [1.82, 2.24) is 15.3 Å². The molecule has 2 aromatic rings. The number of rotatable bonds is 7. The summed E-state index contributed by atoms with van der Waals surface area (Å²) in [6, 6.07) is 8.24. The molecule has 0 aliphatic carbocycles. The average molecular weight is 348 g/mol. The maximum atomic E-state index is 5.32. The second kappa shape index (κ2) is 7.99. The number of hydrogen-bond donors (Lipinski definition) is 2. The van der Waals surface area contributed by atoms with E-state index in [9.17, 15) is 0 Å². The van der Waals surface area contributed by atoms with Crippen molar-refractivity contribution in [1.29, 1.82) is 0 Å². The second-order valence-electron chi connectivity index (χ2n) is 4.58. The summed E-state index contributed by atoms with van der Waals surface area (Å²) in [4.78, 5) is 7.82. The molecule has 2 N–H and O–H groups in total. The fourth-order valence-corrected chi connectivity index (χ4v) is 2.30. The molecule has 0 aliphatic rings. The monoisotopic (exact) mass is 347 g/mol. The zero-order chi connectivity index (χ0) is 15.1. The molecule has 0 fully saturated rings. The van der Waals surface area contributed by atoms with E-state index < -0.39 is 0 Å². The molecule has 0 radical (unpaired) electrons. The van der Waals surface area contributed by atoms with Crippen molar-refractivity contribution in [2.75, 3.05) is 20.3 Å². The maximum absolute atomic E-state index is 5.32. The number of benzene rings is 1. The highest BCUT2D eigenvalue weighted by molar-refractivity contribution is 9.10. The molecule has 110 valence electrons. The third-order valence-electron chi connectivity index (χ3n) is 3.17. The molecule has 1 aromatic carbocycles. The molecule has 1 aromatic heterocycles.